The molecule has 0 spiro atoms. The van der Waals surface area contributed by atoms with E-state index in [1.54, 1.807) is 0 Å². The molecule has 2 aromatic rings. The standard InChI is InChI=1S/C19H22O/c1-4-15(18-12-13-19(2,3)20-18)17-11-7-9-14-8-5-6-10-16(14)17/h4-11,15,18H,1,12-13H2,2-3H3/t15-,18-/m1/s1. The van der Waals surface area contributed by atoms with Crippen molar-refractivity contribution in [1.82, 2.24) is 0 Å². The Morgan fingerprint density at radius 2 is 1.95 bits per heavy atom. The van der Waals surface area contributed by atoms with Gasteiger partial charge in [0.15, 0.2) is 0 Å². The van der Waals surface area contributed by atoms with Gasteiger partial charge >= 0.3 is 0 Å². The summed E-state index contributed by atoms with van der Waals surface area (Å²) in [5.41, 5.74) is 1.33. The number of ether oxygens (including phenoxy) is 1. The Labute approximate surface area is 121 Å². The molecule has 0 aromatic heterocycles. The molecular formula is C19H22O. The highest BCUT2D eigenvalue weighted by Gasteiger charge is 2.36. The molecule has 104 valence electrons. The maximum atomic E-state index is 6.23. The Hall–Kier alpha value is -1.60. The zero-order valence-corrected chi connectivity index (χ0v) is 12.3. The minimum Gasteiger partial charge on any atom is -0.371 e. The molecule has 1 saturated heterocycles. The zero-order chi connectivity index (χ0) is 14.2. The lowest BCUT2D eigenvalue weighted by Crippen LogP contribution is -2.23. The molecule has 1 fully saturated rings. The van der Waals surface area contributed by atoms with Crippen LogP contribution in [0.5, 0.6) is 0 Å². The summed E-state index contributed by atoms with van der Waals surface area (Å²) < 4.78 is 6.23. The first-order valence-corrected chi connectivity index (χ1v) is 7.39. The lowest BCUT2D eigenvalue weighted by molar-refractivity contribution is -0.0204. The van der Waals surface area contributed by atoms with Gasteiger partial charge < -0.3 is 4.74 Å². The van der Waals surface area contributed by atoms with E-state index in [2.05, 4.69) is 62.9 Å². The zero-order valence-electron chi connectivity index (χ0n) is 12.3. The summed E-state index contributed by atoms with van der Waals surface area (Å²) in [4.78, 5) is 0. The third kappa shape index (κ3) is 2.38. The first-order valence-electron chi connectivity index (χ1n) is 7.39. The molecule has 20 heavy (non-hydrogen) atoms. The van der Waals surface area contributed by atoms with E-state index in [1.165, 1.54) is 16.3 Å². The molecule has 0 radical (unpaired) electrons. The molecule has 0 amide bonds. The highest BCUT2D eigenvalue weighted by molar-refractivity contribution is 5.86. The van der Waals surface area contributed by atoms with Crippen molar-refractivity contribution >= 4 is 10.8 Å². The fourth-order valence-corrected chi connectivity index (χ4v) is 3.29. The van der Waals surface area contributed by atoms with Crippen LogP contribution in [-0.4, -0.2) is 11.7 Å². The second-order valence-electron chi connectivity index (χ2n) is 6.28. The van der Waals surface area contributed by atoms with Gasteiger partial charge in [-0.15, -0.1) is 6.58 Å². The van der Waals surface area contributed by atoms with Gasteiger partial charge in [0.05, 0.1) is 11.7 Å². The smallest absolute Gasteiger partial charge is 0.0686 e. The number of hydrogen-bond donors (Lipinski definition) is 0. The van der Waals surface area contributed by atoms with E-state index in [9.17, 15) is 0 Å². The summed E-state index contributed by atoms with van der Waals surface area (Å²) in [5.74, 6) is 0.267. The van der Waals surface area contributed by atoms with Gasteiger partial charge in [-0.25, -0.2) is 0 Å². The van der Waals surface area contributed by atoms with Crippen LogP contribution in [0.1, 0.15) is 38.2 Å². The molecule has 1 heteroatoms. The first-order chi connectivity index (χ1) is 9.61. The Balaban J connectivity index is 2.02. The summed E-state index contributed by atoms with van der Waals surface area (Å²) in [5, 5.41) is 2.60. The van der Waals surface area contributed by atoms with Gasteiger partial charge in [0.1, 0.15) is 0 Å². The molecular weight excluding hydrogens is 244 g/mol. The largest absolute Gasteiger partial charge is 0.371 e. The van der Waals surface area contributed by atoms with Gasteiger partial charge in [0.25, 0.3) is 0 Å². The SMILES string of the molecule is C=C[C@H](c1cccc2ccccc12)[C@H]1CCC(C)(C)O1. The molecule has 2 aromatic carbocycles. The highest BCUT2D eigenvalue weighted by atomic mass is 16.5. The van der Waals surface area contributed by atoms with Crippen LogP contribution in [0.3, 0.4) is 0 Å². The van der Waals surface area contributed by atoms with E-state index in [4.69, 9.17) is 4.74 Å². The Morgan fingerprint density at radius 3 is 2.65 bits per heavy atom. The fourth-order valence-electron chi connectivity index (χ4n) is 3.29. The van der Waals surface area contributed by atoms with Crippen LogP contribution in [0.15, 0.2) is 55.1 Å². The average molecular weight is 266 g/mol. The molecule has 3 rings (SSSR count). The summed E-state index contributed by atoms with van der Waals surface area (Å²) in [7, 11) is 0. The second kappa shape index (κ2) is 5.06. The van der Waals surface area contributed by atoms with E-state index in [0.29, 0.717) is 0 Å². The maximum Gasteiger partial charge on any atom is 0.0686 e. The van der Waals surface area contributed by atoms with Gasteiger partial charge in [-0.05, 0) is 43.0 Å². The quantitative estimate of drug-likeness (QED) is 0.705. The van der Waals surface area contributed by atoms with E-state index in [-0.39, 0.29) is 17.6 Å². The molecule has 1 aliphatic heterocycles. The number of fused-ring (bicyclic) bond motifs is 1. The van der Waals surface area contributed by atoms with Crippen molar-refractivity contribution in [3.63, 3.8) is 0 Å². The summed E-state index contributed by atoms with van der Waals surface area (Å²) >= 11 is 0. The molecule has 1 heterocycles. The summed E-state index contributed by atoms with van der Waals surface area (Å²) in [6.07, 6.45) is 4.52. The molecule has 1 aliphatic rings. The Bertz CT molecular complexity index is 621. The third-order valence-electron chi connectivity index (χ3n) is 4.34. The predicted molar refractivity (Wildman–Crippen MR) is 85.1 cm³/mol. The lowest BCUT2D eigenvalue weighted by Gasteiger charge is -2.25. The van der Waals surface area contributed by atoms with Crippen molar-refractivity contribution in [2.24, 2.45) is 0 Å². The number of rotatable bonds is 3. The van der Waals surface area contributed by atoms with Crippen molar-refractivity contribution in [1.29, 1.82) is 0 Å². The Morgan fingerprint density at radius 1 is 1.20 bits per heavy atom. The predicted octanol–water partition coefficient (Wildman–Crippen LogP) is 5.07. The topological polar surface area (TPSA) is 9.23 Å². The van der Waals surface area contributed by atoms with E-state index in [0.717, 1.165) is 12.8 Å². The van der Waals surface area contributed by atoms with Crippen LogP contribution in [-0.2, 0) is 4.74 Å². The van der Waals surface area contributed by atoms with E-state index >= 15 is 0 Å². The minimum atomic E-state index is -0.00346. The van der Waals surface area contributed by atoms with Crippen LogP contribution < -0.4 is 0 Å². The molecule has 2 atom stereocenters. The van der Waals surface area contributed by atoms with Gasteiger partial charge in [0, 0.05) is 5.92 Å². The van der Waals surface area contributed by atoms with Gasteiger partial charge in [0.2, 0.25) is 0 Å². The monoisotopic (exact) mass is 266 g/mol. The van der Waals surface area contributed by atoms with Crippen LogP contribution in [0.2, 0.25) is 0 Å². The van der Waals surface area contributed by atoms with Gasteiger partial charge in [-0.1, -0.05) is 48.5 Å². The highest BCUT2D eigenvalue weighted by Crippen LogP contribution is 2.39. The minimum absolute atomic E-state index is 0.00346. The van der Waals surface area contributed by atoms with Crippen molar-refractivity contribution < 1.29 is 4.74 Å². The molecule has 0 N–H and O–H groups in total. The number of benzene rings is 2. The lowest BCUT2D eigenvalue weighted by atomic mass is 9.88. The fraction of sp³-hybridized carbons (Fsp3) is 0.368. The maximum absolute atomic E-state index is 6.23. The normalized spacial score (nSPS) is 22.8. The van der Waals surface area contributed by atoms with Crippen molar-refractivity contribution in [3.8, 4) is 0 Å². The van der Waals surface area contributed by atoms with Crippen molar-refractivity contribution in [2.45, 2.75) is 44.3 Å². The van der Waals surface area contributed by atoms with Crippen molar-refractivity contribution in [3.05, 3.63) is 60.7 Å². The summed E-state index contributed by atoms with van der Waals surface area (Å²) in [6, 6.07) is 15.1. The Kier molecular flexibility index (Phi) is 3.39. The van der Waals surface area contributed by atoms with Crippen molar-refractivity contribution in [2.75, 3.05) is 0 Å². The number of hydrogen-bond acceptors (Lipinski definition) is 1. The molecule has 0 saturated carbocycles. The van der Waals surface area contributed by atoms with E-state index in [1.807, 2.05) is 6.08 Å². The van der Waals surface area contributed by atoms with Gasteiger partial charge in [-0.3, -0.25) is 0 Å². The van der Waals surface area contributed by atoms with Gasteiger partial charge in [-0.2, -0.15) is 0 Å². The van der Waals surface area contributed by atoms with Crippen LogP contribution in [0.4, 0.5) is 0 Å². The summed E-state index contributed by atoms with van der Waals surface area (Å²) in [6.45, 7) is 8.41. The second-order valence-corrected chi connectivity index (χ2v) is 6.28. The molecule has 0 unspecified atom stereocenters. The van der Waals surface area contributed by atoms with Crippen LogP contribution >= 0.6 is 0 Å². The van der Waals surface area contributed by atoms with Crippen LogP contribution in [0.25, 0.3) is 10.8 Å². The first kappa shape index (κ1) is 13.4. The van der Waals surface area contributed by atoms with E-state index < -0.39 is 0 Å². The molecule has 0 bridgehead atoms. The molecule has 1 nitrogen and oxygen atoms in total. The third-order valence-corrected chi connectivity index (χ3v) is 4.34. The average Bonchev–Trinajstić information content (AvgIpc) is 2.80. The molecule has 0 aliphatic carbocycles. The van der Waals surface area contributed by atoms with Crippen LogP contribution in [0, 0.1) is 0 Å².